The van der Waals surface area contributed by atoms with Crippen molar-refractivity contribution in [3.8, 4) is 0 Å². The van der Waals surface area contributed by atoms with E-state index in [9.17, 15) is 14.7 Å². The first-order valence-electron chi connectivity index (χ1n) is 6.51. The van der Waals surface area contributed by atoms with Crippen molar-refractivity contribution in [3.63, 3.8) is 0 Å². The standard InChI is InChI=1S/C12H20N2O5/c1-12(10(16)17)3-2-4-14(12)11(18)13-5-6-19-9(7-13)8-15/h9,15H,2-8H2,1H3,(H,16,17). The van der Waals surface area contributed by atoms with Gasteiger partial charge >= 0.3 is 12.0 Å². The van der Waals surface area contributed by atoms with Crippen molar-refractivity contribution in [3.05, 3.63) is 0 Å². The molecule has 2 aliphatic heterocycles. The Balaban J connectivity index is 2.08. The zero-order chi connectivity index (χ0) is 14.0. The largest absolute Gasteiger partial charge is 0.480 e. The van der Waals surface area contributed by atoms with Crippen LogP contribution >= 0.6 is 0 Å². The van der Waals surface area contributed by atoms with Crippen molar-refractivity contribution in [1.82, 2.24) is 9.80 Å². The summed E-state index contributed by atoms with van der Waals surface area (Å²) < 4.78 is 5.29. The van der Waals surface area contributed by atoms with Crippen LogP contribution in [-0.2, 0) is 9.53 Å². The van der Waals surface area contributed by atoms with Gasteiger partial charge < -0.3 is 24.7 Å². The predicted octanol–water partition coefficient (Wildman–Crippen LogP) is -0.261. The average molecular weight is 272 g/mol. The second-order valence-electron chi connectivity index (χ2n) is 5.24. The van der Waals surface area contributed by atoms with Crippen molar-refractivity contribution in [2.24, 2.45) is 0 Å². The van der Waals surface area contributed by atoms with E-state index in [1.54, 1.807) is 11.8 Å². The zero-order valence-corrected chi connectivity index (χ0v) is 11.0. The number of hydrogen-bond donors (Lipinski definition) is 2. The molecular weight excluding hydrogens is 252 g/mol. The van der Waals surface area contributed by atoms with Crippen LogP contribution in [0.4, 0.5) is 4.79 Å². The third-order valence-corrected chi connectivity index (χ3v) is 3.95. The highest BCUT2D eigenvalue weighted by atomic mass is 16.5. The summed E-state index contributed by atoms with van der Waals surface area (Å²) in [7, 11) is 0. The number of morpholine rings is 1. The Kier molecular flexibility index (Phi) is 3.96. The second-order valence-corrected chi connectivity index (χ2v) is 5.24. The number of rotatable bonds is 2. The lowest BCUT2D eigenvalue weighted by Crippen LogP contribution is -2.58. The predicted molar refractivity (Wildman–Crippen MR) is 65.8 cm³/mol. The molecule has 2 fully saturated rings. The molecule has 2 amide bonds. The van der Waals surface area contributed by atoms with Gasteiger partial charge in [-0.05, 0) is 19.8 Å². The molecule has 0 bridgehead atoms. The number of nitrogens with zero attached hydrogens (tertiary/aromatic N) is 2. The number of urea groups is 1. The summed E-state index contributed by atoms with van der Waals surface area (Å²) in [6.45, 7) is 3.02. The summed E-state index contributed by atoms with van der Waals surface area (Å²) in [4.78, 5) is 26.8. The highest BCUT2D eigenvalue weighted by Gasteiger charge is 2.47. The molecule has 19 heavy (non-hydrogen) atoms. The van der Waals surface area contributed by atoms with Gasteiger partial charge in [0.2, 0.25) is 0 Å². The summed E-state index contributed by atoms with van der Waals surface area (Å²) in [5.41, 5.74) is -1.12. The van der Waals surface area contributed by atoms with Gasteiger partial charge in [-0.2, -0.15) is 0 Å². The summed E-state index contributed by atoms with van der Waals surface area (Å²) in [6.07, 6.45) is 0.792. The van der Waals surface area contributed by atoms with Crippen molar-refractivity contribution >= 4 is 12.0 Å². The molecule has 108 valence electrons. The van der Waals surface area contributed by atoms with Crippen LogP contribution in [0.1, 0.15) is 19.8 Å². The Morgan fingerprint density at radius 1 is 1.42 bits per heavy atom. The minimum absolute atomic E-state index is 0.139. The first-order chi connectivity index (χ1) is 8.99. The SMILES string of the molecule is CC1(C(=O)O)CCCN1C(=O)N1CCOC(CO)C1. The molecule has 2 saturated heterocycles. The fraction of sp³-hybridized carbons (Fsp3) is 0.833. The van der Waals surface area contributed by atoms with E-state index in [2.05, 4.69) is 0 Å². The minimum atomic E-state index is -1.12. The van der Waals surface area contributed by atoms with Crippen molar-refractivity contribution in [2.75, 3.05) is 32.8 Å². The summed E-state index contributed by atoms with van der Waals surface area (Å²) in [6, 6.07) is -0.274. The van der Waals surface area contributed by atoms with Crippen LogP contribution in [0.2, 0.25) is 0 Å². The Labute approximate surface area is 111 Å². The van der Waals surface area contributed by atoms with Gasteiger partial charge in [0.15, 0.2) is 0 Å². The minimum Gasteiger partial charge on any atom is -0.480 e. The van der Waals surface area contributed by atoms with Gasteiger partial charge in [-0.15, -0.1) is 0 Å². The Morgan fingerprint density at radius 3 is 2.79 bits per heavy atom. The summed E-state index contributed by atoms with van der Waals surface area (Å²) in [5, 5.41) is 18.4. The number of aliphatic hydroxyl groups is 1. The first kappa shape index (κ1) is 14.1. The van der Waals surface area contributed by atoms with Gasteiger partial charge in [0.05, 0.1) is 25.9 Å². The molecule has 0 aromatic carbocycles. The highest BCUT2D eigenvalue weighted by molar-refractivity contribution is 5.86. The molecule has 0 radical (unpaired) electrons. The molecule has 2 unspecified atom stereocenters. The Morgan fingerprint density at radius 2 is 2.16 bits per heavy atom. The van der Waals surface area contributed by atoms with Crippen LogP contribution in [-0.4, -0.2) is 76.5 Å². The van der Waals surface area contributed by atoms with E-state index in [4.69, 9.17) is 9.84 Å². The van der Waals surface area contributed by atoms with E-state index in [0.717, 1.165) is 0 Å². The maximum atomic E-state index is 12.4. The summed E-state index contributed by atoms with van der Waals surface area (Å²) in [5.74, 6) is -0.967. The lowest BCUT2D eigenvalue weighted by Gasteiger charge is -2.39. The number of carbonyl (C=O) groups excluding carboxylic acids is 1. The van der Waals surface area contributed by atoms with Crippen LogP contribution < -0.4 is 0 Å². The van der Waals surface area contributed by atoms with E-state index in [1.807, 2.05) is 0 Å². The van der Waals surface area contributed by atoms with Gasteiger partial charge in [-0.1, -0.05) is 0 Å². The van der Waals surface area contributed by atoms with E-state index < -0.39 is 11.5 Å². The molecule has 0 aromatic rings. The van der Waals surface area contributed by atoms with Gasteiger partial charge in [-0.25, -0.2) is 9.59 Å². The smallest absolute Gasteiger partial charge is 0.329 e. The lowest BCUT2D eigenvalue weighted by molar-refractivity contribution is -0.147. The van der Waals surface area contributed by atoms with Gasteiger partial charge in [0.1, 0.15) is 5.54 Å². The average Bonchev–Trinajstić information content (AvgIpc) is 2.81. The molecule has 2 rings (SSSR count). The number of ether oxygens (including phenoxy) is 1. The summed E-state index contributed by atoms with van der Waals surface area (Å²) >= 11 is 0. The van der Waals surface area contributed by atoms with Crippen LogP contribution in [0.25, 0.3) is 0 Å². The van der Waals surface area contributed by atoms with Crippen LogP contribution in [0, 0.1) is 0 Å². The first-order valence-corrected chi connectivity index (χ1v) is 6.51. The van der Waals surface area contributed by atoms with Gasteiger partial charge in [0.25, 0.3) is 0 Å². The van der Waals surface area contributed by atoms with Crippen LogP contribution in [0.15, 0.2) is 0 Å². The molecular formula is C12H20N2O5. The quantitative estimate of drug-likeness (QED) is 0.722. The van der Waals surface area contributed by atoms with Crippen molar-refractivity contribution in [2.45, 2.75) is 31.4 Å². The molecule has 2 aliphatic rings. The fourth-order valence-electron chi connectivity index (χ4n) is 2.67. The number of carboxylic acids is 1. The number of hydrogen-bond acceptors (Lipinski definition) is 4. The van der Waals surface area contributed by atoms with E-state index in [0.29, 0.717) is 39.1 Å². The molecule has 2 heterocycles. The fourth-order valence-corrected chi connectivity index (χ4v) is 2.67. The number of likely N-dealkylation sites (tertiary alicyclic amines) is 1. The maximum Gasteiger partial charge on any atom is 0.329 e. The van der Waals surface area contributed by atoms with E-state index in [1.165, 1.54) is 4.90 Å². The molecule has 0 saturated carbocycles. The number of aliphatic carboxylic acids is 1. The topological polar surface area (TPSA) is 90.3 Å². The number of carbonyl (C=O) groups is 2. The molecule has 7 heteroatoms. The number of amides is 2. The van der Waals surface area contributed by atoms with Crippen molar-refractivity contribution in [1.29, 1.82) is 0 Å². The zero-order valence-electron chi connectivity index (χ0n) is 11.0. The molecule has 0 aliphatic carbocycles. The van der Waals surface area contributed by atoms with Gasteiger partial charge in [0, 0.05) is 13.1 Å². The number of carboxylic acid groups (broad SMARTS) is 1. The highest BCUT2D eigenvalue weighted by Crippen LogP contribution is 2.30. The molecule has 7 nitrogen and oxygen atoms in total. The van der Waals surface area contributed by atoms with Crippen LogP contribution in [0.3, 0.4) is 0 Å². The Hall–Kier alpha value is -1.34. The molecule has 2 atom stereocenters. The molecule has 0 aromatic heterocycles. The Bertz CT molecular complexity index is 375. The van der Waals surface area contributed by atoms with E-state index >= 15 is 0 Å². The van der Waals surface area contributed by atoms with E-state index in [-0.39, 0.29) is 18.7 Å². The maximum absolute atomic E-state index is 12.4. The monoisotopic (exact) mass is 272 g/mol. The number of aliphatic hydroxyl groups excluding tert-OH is 1. The van der Waals surface area contributed by atoms with Gasteiger partial charge in [-0.3, -0.25) is 0 Å². The third-order valence-electron chi connectivity index (χ3n) is 3.95. The lowest BCUT2D eigenvalue weighted by atomic mass is 9.99. The second kappa shape index (κ2) is 5.34. The molecule has 0 spiro atoms. The van der Waals surface area contributed by atoms with Crippen molar-refractivity contribution < 1.29 is 24.5 Å². The molecule has 2 N–H and O–H groups in total. The third kappa shape index (κ3) is 2.52. The normalized spacial score (nSPS) is 31.6. The van der Waals surface area contributed by atoms with Crippen LogP contribution in [0.5, 0.6) is 0 Å².